The van der Waals surface area contributed by atoms with Crippen molar-refractivity contribution in [2.24, 2.45) is 0 Å². The highest BCUT2D eigenvalue weighted by atomic mass is 19.4. The van der Waals surface area contributed by atoms with E-state index in [1.807, 2.05) is 13.1 Å². The number of phenols is 1. The molecule has 0 bridgehead atoms. The molecule has 1 unspecified atom stereocenters. The lowest BCUT2D eigenvalue weighted by molar-refractivity contribution is -0.275. The van der Waals surface area contributed by atoms with Crippen molar-refractivity contribution in [3.63, 3.8) is 0 Å². The fourth-order valence-corrected chi connectivity index (χ4v) is 4.25. The van der Waals surface area contributed by atoms with Crippen LogP contribution in [-0.4, -0.2) is 37.1 Å². The lowest BCUT2D eigenvalue weighted by Crippen LogP contribution is -2.36. The Kier molecular flexibility index (Phi) is 4.03. The molecule has 4 nitrogen and oxygen atoms in total. The molecule has 0 saturated heterocycles. The van der Waals surface area contributed by atoms with Crippen LogP contribution in [-0.2, 0) is 12.8 Å². The van der Waals surface area contributed by atoms with Crippen molar-refractivity contribution in [1.82, 2.24) is 4.90 Å². The van der Waals surface area contributed by atoms with Gasteiger partial charge in [-0.15, -0.1) is 13.2 Å². The highest BCUT2D eigenvalue weighted by Crippen LogP contribution is 2.53. The van der Waals surface area contributed by atoms with Crippen LogP contribution in [0.25, 0.3) is 11.1 Å². The van der Waals surface area contributed by atoms with Gasteiger partial charge in [0.2, 0.25) is 0 Å². The molecule has 2 aliphatic rings. The van der Waals surface area contributed by atoms with Crippen molar-refractivity contribution in [1.29, 1.82) is 0 Å². The molecule has 7 heteroatoms. The van der Waals surface area contributed by atoms with Crippen molar-refractivity contribution in [3.05, 3.63) is 40.5 Å². The molecule has 1 aliphatic heterocycles. The molecule has 0 spiro atoms. The summed E-state index contributed by atoms with van der Waals surface area (Å²) in [4.78, 5) is 2.19. The molecule has 2 aromatic carbocycles. The summed E-state index contributed by atoms with van der Waals surface area (Å²) in [5.74, 6) is -0.0596. The zero-order valence-corrected chi connectivity index (χ0v) is 15.3. The van der Waals surface area contributed by atoms with Crippen molar-refractivity contribution in [2.45, 2.75) is 32.2 Å². The molecule has 1 heterocycles. The molecule has 0 amide bonds. The number of likely N-dealkylation sites (N-methyl/N-ethyl adjacent to an activating group) is 1. The van der Waals surface area contributed by atoms with Crippen molar-refractivity contribution in [3.8, 4) is 28.4 Å². The van der Waals surface area contributed by atoms with Crippen molar-refractivity contribution in [2.75, 3.05) is 20.7 Å². The second kappa shape index (κ2) is 6.05. The number of aromatic hydroxyl groups is 1. The average molecular weight is 379 g/mol. The van der Waals surface area contributed by atoms with E-state index in [0.717, 1.165) is 28.8 Å². The smallest absolute Gasteiger partial charge is 0.508 e. The van der Waals surface area contributed by atoms with Crippen LogP contribution < -0.4 is 9.47 Å². The van der Waals surface area contributed by atoms with Gasteiger partial charge in [0, 0.05) is 18.2 Å². The monoisotopic (exact) mass is 379 g/mol. The summed E-state index contributed by atoms with van der Waals surface area (Å²) in [7, 11) is 3.35. The normalized spacial score (nSPS) is 18.7. The Morgan fingerprint density at radius 1 is 1.19 bits per heavy atom. The Balaban J connectivity index is 2.04. The maximum Gasteiger partial charge on any atom is 0.573 e. The van der Waals surface area contributed by atoms with E-state index in [-0.39, 0.29) is 23.3 Å². The molecular formula is C20H20F3NO3. The van der Waals surface area contributed by atoms with Gasteiger partial charge in [0.15, 0.2) is 11.5 Å². The van der Waals surface area contributed by atoms with Crippen LogP contribution in [0.5, 0.6) is 17.2 Å². The number of hydrogen-bond donors (Lipinski definition) is 1. The Labute approximate surface area is 155 Å². The van der Waals surface area contributed by atoms with Crippen LogP contribution in [0.2, 0.25) is 0 Å². The first kappa shape index (κ1) is 18.0. The first-order valence-electron chi connectivity index (χ1n) is 8.72. The summed E-state index contributed by atoms with van der Waals surface area (Å²) in [6.07, 6.45) is -3.48. The Bertz CT molecular complexity index is 924. The molecule has 0 radical (unpaired) electrons. The fraction of sp³-hybridized carbons (Fsp3) is 0.400. The minimum absolute atomic E-state index is 0.0205. The summed E-state index contributed by atoms with van der Waals surface area (Å²) < 4.78 is 48.6. The lowest BCUT2D eigenvalue weighted by Gasteiger charge is -2.40. The molecule has 0 aromatic heterocycles. The van der Waals surface area contributed by atoms with Gasteiger partial charge in [0.25, 0.3) is 0 Å². The van der Waals surface area contributed by atoms with Gasteiger partial charge in [0.05, 0.1) is 7.11 Å². The predicted molar refractivity (Wildman–Crippen MR) is 94.3 cm³/mol. The van der Waals surface area contributed by atoms with Crippen LogP contribution in [0.3, 0.4) is 0 Å². The molecule has 4 rings (SSSR count). The zero-order valence-electron chi connectivity index (χ0n) is 15.3. The number of methoxy groups -OCH3 is 1. The largest absolute Gasteiger partial charge is 0.573 e. The van der Waals surface area contributed by atoms with Gasteiger partial charge in [-0.05, 0) is 72.8 Å². The van der Waals surface area contributed by atoms with E-state index in [0.29, 0.717) is 24.0 Å². The number of fused-ring (bicyclic) bond motifs is 2. The Hall–Kier alpha value is -2.41. The quantitative estimate of drug-likeness (QED) is 0.842. The summed E-state index contributed by atoms with van der Waals surface area (Å²) in [6.45, 7) is 2.50. The second-order valence-electron chi connectivity index (χ2n) is 7.15. The number of halogens is 3. The van der Waals surface area contributed by atoms with Crippen LogP contribution in [0.4, 0.5) is 13.2 Å². The predicted octanol–water partition coefficient (Wildman–Crippen LogP) is 4.36. The Morgan fingerprint density at radius 3 is 2.59 bits per heavy atom. The minimum atomic E-state index is -4.80. The van der Waals surface area contributed by atoms with Gasteiger partial charge in [-0.1, -0.05) is 0 Å². The highest BCUT2D eigenvalue weighted by Gasteiger charge is 2.39. The van der Waals surface area contributed by atoms with E-state index in [1.165, 1.54) is 13.2 Å². The molecule has 0 fully saturated rings. The Morgan fingerprint density at radius 2 is 1.93 bits per heavy atom. The molecule has 2 aromatic rings. The number of nitrogens with zero attached hydrogens (tertiary/aromatic N) is 1. The summed E-state index contributed by atoms with van der Waals surface area (Å²) in [5.41, 5.74) is 4.82. The number of hydrogen-bond acceptors (Lipinski definition) is 4. The number of phenolic OH excluding ortho intramolecular Hbond substituents is 1. The topological polar surface area (TPSA) is 41.9 Å². The number of benzene rings is 2. The highest BCUT2D eigenvalue weighted by molar-refractivity contribution is 5.84. The molecule has 1 aliphatic carbocycles. The van der Waals surface area contributed by atoms with Crippen LogP contribution in [0.1, 0.15) is 28.3 Å². The van der Waals surface area contributed by atoms with E-state index in [1.54, 1.807) is 13.0 Å². The average Bonchev–Trinajstić information content (AvgIpc) is 2.58. The third kappa shape index (κ3) is 2.90. The van der Waals surface area contributed by atoms with Crippen molar-refractivity contribution >= 4 is 0 Å². The SMILES string of the molecule is COc1c(OC(F)(F)F)cc2c3c1-c1cc(C)c(O)cc1CC3N(C)CC2. The van der Waals surface area contributed by atoms with Gasteiger partial charge in [0.1, 0.15) is 5.75 Å². The molecule has 0 saturated carbocycles. The summed E-state index contributed by atoms with van der Waals surface area (Å²) in [6, 6.07) is 4.99. The van der Waals surface area contributed by atoms with Gasteiger partial charge >= 0.3 is 6.36 Å². The minimum Gasteiger partial charge on any atom is -0.508 e. The maximum absolute atomic E-state index is 13.0. The molecule has 27 heavy (non-hydrogen) atoms. The van der Waals surface area contributed by atoms with E-state index in [2.05, 4.69) is 9.64 Å². The van der Waals surface area contributed by atoms with Gasteiger partial charge in [-0.25, -0.2) is 0 Å². The van der Waals surface area contributed by atoms with Crippen LogP contribution in [0, 0.1) is 6.92 Å². The van der Waals surface area contributed by atoms with E-state index < -0.39 is 6.36 Å². The van der Waals surface area contributed by atoms with Crippen molar-refractivity contribution < 1.29 is 27.8 Å². The number of ether oxygens (including phenoxy) is 2. The maximum atomic E-state index is 13.0. The summed E-state index contributed by atoms with van der Waals surface area (Å²) >= 11 is 0. The first-order chi connectivity index (χ1) is 12.7. The van der Waals surface area contributed by atoms with Crippen LogP contribution >= 0.6 is 0 Å². The lowest BCUT2D eigenvalue weighted by atomic mass is 9.76. The first-order valence-corrected chi connectivity index (χ1v) is 8.72. The van der Waals surface area contributed by atoms with Crippen LogP contribution in [0.15, 0.2) is 18.2 Å². The number of aryl methyl sites for hydroxylation is 1. The van der Waals surface area contributed by atoms with Gasteiger partial charge < -0.3 is 14.6 Å². The van der Waals surface area contributed by atoms with E-state index in [9.17, 15) is 18.3 Å². The second-order valence-corrected chi connectivity index (χ2v) is 7.15. The molecule has 144 valence electrons. The fourth-order valence-electron chi connectivity index (χ4n) is 4.25. The number of alkyl halides is 3. The van der Waals surface area contributed by atoms with Gasteiger partial charge in [-0.3, -0.25) is 4.90 Å². The van der Waals surface area contributed by atoms with Gasteiger partial charge in [-0.2, -0.15) is 0 Å². The third-order valence-corrected chi connectivity index (χ3v) is 5.50. The molecule has 1 N–H and O–H groups in total. The molecular weight excluding hydrogens is 359 g/mol. The third-order valence-electron chi connectivity index (χ3n) is 5.50. The van der Waals surface area contributed by atoms with E-state index in [4.69, 9.17) is 4.74 Å². The standard InChI is InChI=1S/C20H20F3NO3/c1-10-6-13-12(8-15(10)25)7-14-17-11(4-5-24(14)2)9-16(27-20(21,22)23)19(26-3)18(13)17/h6,8-9,14,25H,4-5,7H2,1-3H3. The summed E-state index contributed by atoms with van der Waals surface area (Å²) in [5, 5.41) is 10.1. The zero-order chi connectivity index (χ0) is 19.5. The van der Waals surface area contributed by atoms with E-state index >= 15 is 0 Å². The molecule has 1 atom stereocenters. The number of rotatable bonds is 2.